The van der Waals surface area contributed by atoms with Gasteiger partial charge in [-0.3, -0.25) is 4.79 Å². The lowest BCUT2D eigenvalue weighted by Crippen LogP contribution is -2.44. The quantitative estimate of drug-likeness (QED) is 0.795. The first-order valence-corrected chi connectivity index (χ1v) is 7.64. The summed E-state index contributed by atoms with van der Waals surface area (Å²) in [5.74, 6) is 0.488. The maximum atomic E-state index is 12.0. The van der Waals surface area contributed by atoms with Crippen molar-refractivity contribution < 1.29 is 4.79 Å². The van der Waals surface area contributed by atoms with Crippen molar-refractivity contribution in [2.45, 2.75) is 6.42 Å². The van der Waals surface area contributed by atoms with Crippen LogP contribution < -0.4 is 9.80 Å². The van der Waals surface area contributed by atoms with Gasteiger partial charge >= 0.3 is 0 Å². The monoisotopic (exact) mass is 285 g/mol. The second-order valence-electron chi connectivity index (χ2n) is 6.01. The highest BCUT2D eigenvalue weighted by molar-refractivity contribution is 5.96. The molecule has 2 aliphatic heterocycles. The standard InChI is InChI=1S/C17H23N3O/c1-3-14-12-17(21)20(13-14)16-6-4-15(5-7-16)19-10-8-18(2)9-11-19/h3-7,14H,1,8-13H2,2H3. The molecule has 1 amide bonds. The largest absolute Gasteiger partial charge is 0.369 e. The predicted molar refractivity (Wildman–Crippen MR) is 86.8 cm³/mol. The molecular weight excluding hydrogens is 262 g/mol. The summed E-state index contributed by atoms with van der Waals surface area (Å²) in [5.41, 5.74) is 2.25. The van der Waals surface area contributed by atoms with Gasteiger partial charge in [-0.05, 0) is 31.3 Å². The van der Waals surface area contributed by atoms with Crippen molar-refractivity contribution in [1.82, 2.24) is 4.90 Å². The summed E-state index contributed by atoms with van der Waals surface area (Å²) in [5, 5.41) is 0. The van der Waals surface area contributed by atoms with Crippen LogP contribution in [0, 0.1) is 5.92 Å². The lowest BCUT2D eigenvalue weighted by molar-refractivity contribution is -0.117. The maximum Gasteiger partial charge on any atom is 0.227 e. The third kappa shape index (κ3) is 2.95. The predicted octanol–water partition coefficient (Wildman–Crippen LogP) is 1.98. The molecular formula is C17H23N3O. The van der Waals surface area contributed by atoms with Gasteiger partial charge in [0, 0.05) is 56.4 Å². The Morgan fingerprint density at radius 3 is 2.29 bits per heavy atom. The third-order valence-corrected chi connectivity index (χ3v) is 4.52. The number of hydrogen-bond donors (Lipinski definition) is 0. The Bertz CT molecular complexity index is 517. The highest BCUT2D eigenvalue weighted by Crippen LogP contribution is 2.27. The number of carbonyl (C=O) groups excluding carboxylic acids is 1. The van der Waals surface area contributed by atoms with Crippen LogP contribution in [0.25, 0.3) is 0 Å². The number of piperazine rings is 1. The van der Waals surface area contributed by atoms with Gasteiger partial charge < -0.3 is 14.7 Å². The highest BCUT2D eigenvalue weighted by atomic mass is 16.2. The van der Waals surface area contributed by atoms with E-state index in [1.807, 2.05) is 11.0 Å². The second kappa shape index (κ2) is 5.90. The van der Waals surface area contributed by atoms with E-state index in [9.17, 15) is 4.79 Å². The molecule has 2 heterocycles. The van der Waals surface area contributed by atoms with Gasteiger partial charge in [0.25, 0.3) is 0 Å². The van der Waals surface area contributed by atoms with Gasteiger partial charge in [-0.25, -0.2) is 0 Å². The van der Waals surface area contributed by atoms with Gasteiger partial charge in [0.05, 0.1) is 0 Å². The number of rotatable bonds is 3. The average molecular weight is 285 g/mol. The van der Waals surface area contributed by atoms with E-state index in [2.05, 4.69) is 47.7 Å². The van der Waals surface area contributed by atoms with Crippen molar-refractivity contribution >= 4 is 17.3 Å². The molecule has 0 aliphatic carbocycles. The smallest absolute Gasteiger partial charge is 0.227 e. The Kier molecular flexibility index (Phi) is 3.97. The number of likely N-dealkylation sites (N-methyl/N-ethyl adjacent to an activating group) is 1. The van der Waals surface area contributed by atoms with Gasteiger partial charge in [0.1, 0.15) is 0 Å². The molecule has 1 aromatic carbocycles. The van der Waals surface area contributed by atoms with E-state index >= 15 is 0 Å². The van der Waals surface area contributed by atoms with Crippen molar-refractivity contribution in [2.75, 3.05) is 49.6 Å². The zero-order chi connectivity index (χ0) is 14.8. The van der Waals surface area contributed by atoms with E-state index in [1.165, 1.54) is 5.69 Å². The van der Waals surface area contributed by atoms with Crippen LogP contribution in [0.2, 0.25) is 0 Å². The molecule has 4 nitrogen and oxygen atoms in total. The molecule has 2 fully saturated rings. The minimum absolute atomic E-state index is 0.201. The average Bonchev–Trinajstić information content (AvgIpc) is 2.89. The third-order valence-electron chi connectivity index (χ3n) is 4.52. The van der Waals surface area contributed by atoms with E-state index in [4.69, 9.17) is 0 Å². The van der Waals surface area contributed by atoms with Crippen LogP contribution in [0.15, 0.2) is 36.9 Å². The molecule has 0 spiro atoms. The first kappa shape index (κ1) is 14.1. The SMILES string of the molecule is C=CC1CC(=O)N(c2ccc(N3CCN(C)CC3)cc2)C1. The molecule has 1 atom stereocenters. The number of benzene rings is 1. The van der Waals surface area contributed by atoms with Crippen LogP contribution in [-0.4, -0.2) is 50.6 Å². The first-order chi connectivity index (χ1) is 10.2. The van der Waals surface area contributed by atoms with Crippen molar-refractivity contribution in [2.24, 2.45) is 5.92 Å². The van der Waals surface area contributed by atoms with Gasteiger partial charge in [0.15, 0.2) is 0 Å². The number of anilines is 2. The molecule has 4 heteroatoms. The zero-order valence-electron chi connectivity index (χ0n) is 12.7. The number of hydrogen-bond acceptors (Lipinski definition) is 3. The van der Waals surface area contributed by atoms with Crippen molar-refractivity contribution in [3.05, 3.63) is 36.9 Å². The minimum Gasteiger partial charge on any atom is -0.369 e. The fourth-order valence-electron chi connectivity index (χ4n) is 3.05. The van der Waals surface area contributed by atoms with Gasteiger partial charge in [-0.15, -0.1) is 6.58 Å². The summed E-state index contributed by atoms with van der Waals surface area (Å²) in [6, 6.07) is 8.40. The fraction of sp³-hybridized carbons (Fsp3) is 0.471. The molecule has 112 valence electrons. The van der Waals surface area contributed by atoms with Crippen molar-refractivity contribution in [3.8, 4) is 0 Å². The zero-order valence-corrected chi connectivity index (χ0v) is 12.7. The molecule has 2 saturated heterocycles. The maximum absolute atomic E-state index is 12.0. The van der Waals surface area contributed by atoms with E-state index in [0.29, 0.717) is 6.42 Å². The van der Waals surface area contributed by atoms with Crippen LogP contribution in [0.4, 0.5) is 11.4 Å². The topological polar surface area (TPSA) is 26.8 Å². The number of carbonyl (C=O) groups is 1. The van der Waals surface area contributed by atoms with Crippen LogP contribution >= 0.6 is 0 Å². The molecule has 0 radical (unpaired) electrons. The summed E-state index contributed by atoms with van der Waals surface area (Å²) < 4.78 is 0. The molecule has 3 rings (SSSR count). The Hall–Kier alpha value is -1.81. The Morgan fingerprint density at radius 2 is 1.71 bits per heavy atom. The van der Waals surface area contributed by atoms with Crippen LogP contribution in [0.1, 0.15) is 6.42 Å². The normalized spacial score (nSPS) is 23.7. The molecule has 2 aliphatic rings. The van der Waals surface area contributed by atoms with Crippen molar-refractivity contribution in [1.29, 1.82) is 0 Å². The van der Waals surface area contributed by atoms with Crippen molar-refractivity contribution in [3.63, 3.8) is 0 Å². The molecule has 0 aromatic heterocycles. The van der Waals surface area contributed by atoms with Crippen LogP contribution in [0.3, 0.4) is 0 Å². The van der Waals surface area contributed by atoms with Gasteiger partial charge in [0.2, 0.25) is 5.91 Å². The summed E-state index contributed by atoms with van der Waals surface area (Å²) in [7, 11) is 2.16. The lowest BCUT2D eigenvalue weighted by atomic mass is 10.1. The van der Waals surface area contributed by atoms with Crippen LogP contribution in [-0.2, 0) is 4.79 Å². The molecule has 21 heavy (non-hydrogen) atoms. The second-order valence-corrected chi connectivity index (χ2v) is 6.01. The Balaban J connectivity index is 1.69. The van der Waals surface area contributed by atoms with E-state index in [0.717, 1.165) is 38.4 Å². The lowest BCUT2D eigenvalue weighted by Gasteiger charge is -2.34. The van der Waals surface area contributed by atoms with Crippen LogP contribution in [0.5, 0.6) is 0 Å². The summed E-state index contributed by atoms with van der Waals surface area (Å²) in [6.07, 6.45) is 2.47. The number of amides is 1. The summed E-state index contributed by atoms with van der Waals surface area (Å²) in [4.78, 5) is 18.7. The molecule has 0 bridgehead atoms. The molecule has 1 unspecified atom stereocenters. The van der Waals surface area contributed by atoms with E-state index < -0.39 is 0 Å². The van der Waals surface area contributed by atoms with Gasteiger partial charge in [-0.2, -0.15) is 0 Å². The number of nitrogens with zero attached hydrogens (tertiary/aromatic N) is 3. The molecule has 0 N–H and O–H groups in total. The fourth-order valence-corrected chi connectivity index (χ4v) is 3.05. The summed E-state index contributed by atoms with van der Waals surface area (Å²) in [6.45, 7) is 8.90. The Labute approximate surface area is 126 Å². The molecule has 1 aromatic rings. The first-order valence-electron chi connectivity index (χ1n) is 7.64. The van der Waals surface area contributed by atoms with Gasteiger partial charge in [-0.1, -0.05) is 6.08 Å². The van der Waals surface area contributed by atoms with E-state index in [1.54, 1.807) is 0 Å². The molecule has 0 saturated carbocycles. The summed E-state index contributed by atoms with van der Waals surface area (Å²) >= 11 is 0. The van der Waals surface area contributed by atoms with E-state index in [-0.39, 0.29) is 11.8 Å². The Morgan fingerprint density at radius 1 is 1.10 bits per heavy atom. The minimum atomic E-state index is 0.201. The highest BCUT2D eigenvalue weighted by Gasteiger charge is 2.28.